The Morgan fingerprint density at radius 1 is 1.14 bits per heavy atom. The Morgan fingerprint density at radius 2 is 1.86 bits per heavy atom. The number of aryl methyl sites for hydroxylation is 1. The van der Waals surface area contributed by atoms with Crippen molar-refractivity contribution in [2.24, 2.45) is 0 Å². The average molecular weight is 305 g/mol. The van der Waals surface area contributed by atoms with Crippen LogP contribution >= 0.6 is 11.6 Å². The largest absolute Gasteiger partial charge is 0.309 e. The van der Waals surface area contributed by atoms with Gasteiger partial charge in [0.1, 0.15) is 0 Å². The van der Waals surface area contributed by atoms with Gasteiger partial charge in [0.25, 0.3) is 5.69 Å². The van der Waals surface area contributed by atoms with Crippen LogP contribution in [0.4, 0.5) is 5.69 Å². The van der Waals surface area contributed by atoms with E-state index in [1.807, 2.05) is 31.2 Å². The van der Waals surface area contributed by atoms with Gasteiger partial charge >= 0.3 is 0 Å². The number of nitrogens with one attached hydrogen (secondary N) is 1. The standard InChI is InChI=1S/C16H17ClN2O2/c1-11-6-7-14(15(17)8-11)10-18-9-13-4-3-5-16(12(13)2)19(20)21/h3-8,18H,9-10H2,1-2H3. The number of benzene rings is 2. The summed E-state index contributed by atoms with van der Waals surface area (Å²) in [6.45, 7) is 4.96. The summed E-state index contributed by atoms with van der Waals surface area (Å²) in [7, 11) is 0. The van der Waals surface area contributed by atoms with Gasteiger partial charge in [-0.25, -0.2) is 0 Å². The van der Waals surface area contributed by atoms with Crippen LogP contribution in [0, 0.1) is 24.0 Å². The van der Waals surface area contributed by atoms with Crippen molar-refractivity contribution in [1.82, 2.24) is 5.32 Å². The Hall–Kier alpha value is -1.91. The molecule has 0 saturated heterocycles. The fourth-order valence-electron chi connectivity index (χ4n) is 2.19. The summed E-state index contributed by atoms with van der Waals surface area (Å²) >= 11 is 6.18. The van der Waals surface area contributed by atoms with E-state index in [1.54, 1.807) is 13.0 Å². The number of nitro groups is 1. The van der Waals surface area contributed by atoms with Crippen molar-refractivity contribution >= 4 is 17.3 Å². The van der Waals surface area contributed by atoms with Gasteiger partial charge in [0, 0.05) is 29.7 Å². The zero-order chi connectivity index (χ0) is 15.4. The Bertz CT molecular complexity index is 671. The van der Waals surface area contributed by atoms with Crippen molar-refractivity contribution < 1.29 is 4.92 Å². The molecule has 0 heterocycles. The van der Waals surface area contributed by atoms with E-state index < -0.39 is 0 Å². The molecule has 0 saturated carbocycles. The summed E-state index contributed by atoms with van der Waals surface area (Å²) in [5.41, 5.74) is 3.92. The van der Waals surface area contributed by atoms with E-state index in [-0.39, 0.29) is 10.6 Å². The summed E-state index contributed by atoms with van der Waals surface area (Å²) < 4.78 is 0. The second-order valence-electron chi connectivity index (χ2n) is 5.02. The molecule has 0 radical (unpaired) electrons. The molecule has 21 heavy (non-hydrogen) atoms. The second-order valence-corrected chi connectivity index (χ2v) is 5.42. The molecule has 0 aliphatic carbocycles. The van der Waals surface area contributed by atoms with E-state index in [9.17, 15) is 10.1 Å². The molecule has 0 fully saturated rings. The number of hydrogen-bond donors (Lipinski definition) is 1. The predicted molar refractivity (Wildman–Crippen MR) is 84.6 cm³/mol. The monoisotopic (exact) mass is 304 g/mol. The lowest BCUT2D eigenvalue weighted by Crippen LogP contribution is -2.14. The summed E-state index contributed by atoms with van der Waals surface area (Å²) in [4.78, 5) is 10.6. The zero-order valence-electron chi connectivity index (χ0n) is 12.0. The van der Waals surface area contributed by atoms with Crippen LogP contribution in [-0.4, -0.2) is 4.92 Å². The van der Waals surface area contributed by atoms with Crippen LogP contribution in [0.1, 0.15) is 22.3 Å². The van der Waals surface area contributed by atoms with Crippen LogP contribution in [0.5, 0.6) is 0 Å². The van der Waals surface area contributed by atoms with Gasteiger partial charge in [-0.1, -0.05) is 35.9 Å². The average Bonchev–Trinajstić information content (AvgIpc) is 2.42. The van der Waals surface area contributed by atoms with Crippen molar-refractivity contribution in [2.75, 3.05) is 0 Å². The third-order valence-corrected chi connectivity index (χ3v) is 3.81. The van der Waals surface area contributed by atoms with Gasteiger partial charge in [-0.3, -0.25) is 10.1 Å². The first kappa shape index (κ1) is 15.5. The molecule has 0 aromatic heterocycles. The molecule has 1 N–H and O–H groups in total. The van der Waals surface area contributed by atoms with Crippen LogP contribution in [-0.2, 0) is 13.1 Å². The van der Waals surface area contributed by atoms with Crippen molar-refractivity contribution in [3.63, 3.8) is 0 Å². The molecule has 2 aromatic carbocycles. The fourth-order valence-corrected chi connectivity index (χ4v) is 2.49. The van der Waals surface area contributed by atoms with E-state index in [4.69, 9.17) is 11.6 Å². The van der Waals surface area contributed by atoms with Gasteiger partial charge in [0.2, 0.25) is 0 Å². The first-order valence-corrected chi connectivity index (χ1v) is 7.05. The highest BCUT2D eigenvalue weighted by Gasteiger charge is 2.12. The molecular formula is C16H17ClN2O2. The van der Waals surface area contributed by atoms with Crippen LogP contribution < -0.4 is 5.32 Å². The molecular weight excluding hydrogens is 288 g/mol. The molecule has 0 aliphatic rings. The highest BCUT2D eigenvalue weighted by molar-refractivity contribution is 6.31. The fraction of sp³-hybridized carbons (Fsp3) is 0.250. The number of rotatable bonds is 5. The predicted octanol–water partition coefficient (Wildman–Crippen LogP) is 4.15. The Labute approximate surface area is 128 Å². The third-order valence-electron chi connectivity index (χ3n) is 3.45. The maximum absolute atomic E-state index is 10.9. The van der Waals surface area contributed by atoms with Gasteiger partial charge in [-0.2, -0.15) is 0 Å². The Kier molecular flexibility index (Phi) is 4.94. The highest BCUT2D eigenvalue weighted by atomic mass is 35.5. The van der Waals surface area contributed by atoms with E-state index in [0.29, 0.717) is 18.7 Å². The number of hydrogen-bond acceptors (Lipinski definition) is 3. The summed E-state index contributed by atoms with van der Waals surface area (Å²) in [5.74, 6) is 0. The topological polar surface area (TPSA) is 55.2 Å². The SMILES string of the molecule is Cc1ccc(CNCc2cccc([N+](=O)[O-])c2C)c(Cl)c1. The molecule has 2 rings (SSSR count). The summed E-state index contributed by atoms with van der Waals surface area (Å²) in [5, 5.41) is 14.9. The minimum absolute atomic E-state index is 0.155. The molecule has 5 heteroatoms. The molecule has 2 aromatic rings. The van der Waals surface area contributed by atoms with Gasteiger partial charge in [-0.05, 0) is 36.6 Å². The minimum Gasteiger partial charge on any atom is -0.309 e. The van der Waals surface area contributed by atoms with E-state index >= 15 is 0 Å². The van der Waals surface area contributed by atoms with Gasteiger partial charge in [0.15, 0.2) is 0 Å². The zero-order valence-corrected chi connectivity index (χ0v) is 12.8. The molecule has 0 spiro atoms. The highest BCUT2D eigenvalue weighted by Crippen LogP contribution is 2.21. The van der Waals surface area contributed by atoms with Crippen molar-refractivity contribution in [2.45, 2.75) is 26.9 Å². The quantitative estimate of drug-likeness (QED) is 0.666. The number of nitrogens with zero attached hydrogens (tertiary/aromatic N) is 1. The number of nitro benzene ring substituents is 1. The van der Waals surface area contributed by atoms with E-state index in [2.05, 4.69) is 5.32 Å². The van der Waals surface area contributed by atoms with Crippen LogP contribution in [0.25, 0.3) is 0 Å². The smallest absolute Gasteiger partial charge is 0.272 e. The minimum atomic E-state index is -0.352. The maximum Gasteiger partial charge on any atom is 0.272 e. The van der Waals surface area contributed by atoms with Crippen molar-refractivity contribution in [3.05, 3.63) is 73.8 Å². The molecule has 0 atom stereocenters. The van der Waals surface area contributed by atoms with Crippen molar-refractivity contribution in [1.29, 1.82) is 0 Å². The molecule has 4 nitrogen and oxygen atoms in total. The lowest BCUT2D eigenvalue weighted by atomic mass is 10.1. The first-order chi connectivity index (χ1) is 9.99. The normalized spacial score (nSPS) is 10.6. The van der Waals surface area contributed by atoms with Gasteiger partial charge in [-0.15, -0.1) is 0 Å². The van der Waals surface area contributed by atoms with Crippen LogP contribution in [0.15, 0.2) is 36.4 Å². The van der Waals surface area contributed by atoms with E-state index in [0.717, 1.165) is 21.7 Å². The Balaban J connectivity index is 2.04. The molecule has 0 aliphatic heterocycles. The number of halogens is 1. The maximum atomic E-state index is 10.9. The summed E-state index contributed by atoms with van der Waals surface area (Å²) in [6, 6.07) is 11.1. The van der Waals surface area contributed by atoms with E-state index in [1.165, 1.54) is 6.07 Å². The lowest BCUT2D eigenvalue weighted by Gasteiger charge is -2.09. The van der Waals surface area contributed by atoms with Gasteiger partial charge in [0.05, 0.1) is 4.92 Å². The summed E-state index contributed by atoms with van der Waals surface area (Å²) in [6.07, 6.45) is 0. The molecule has 0 amide bonds. The second kappa shape index (κ2) is 6.70. The lowest BCUT2D eigenvalue weighted by molar-refractivity contribution is -0.385. The first-order valence-electron chi connectivity index (χ1n) is 6.67. The Morgan fingerprint density at radius 3 is 2.52 bits per heavy atom. The van der Waals surface area contributed by atoms with Crippen LogP contribution in [0.3, 0.4) is 0 Å². The van der Waals surface area contributed by atoms with Crippen molar-refractivity contribution in [3.8, 4) is 0 Å². The third kappa shape index (κ3) is 3.80. The van der Waals surface area contributed by atoms with Gasteiger partial charge < -0.3 is 5.32 Å². The molecule has 0 unspecified atom stereocenters. The molecule has 0 bridgehead atoms. The molecule has 110 valence electrons. The van der Waals surface area contributed by atoms with Crippen LogP contribution in [0.2, 0.25) is 5.02 Å².